The maximum absolute atomic E-state index is 12.5. The van der Waals surface area contributed by atoms with E-state index in [2.05, 4.69) is 10.6 Å². The van der Waals surface area contributed by atoms with Gasteiger partial charge in [-0.2, -0.15) is 0 Å². The largest absolute Gasteiger partial charge is 0.459 e. The lowest BCUT2D eigenvalue weighted by Gasteiger charge is -2.18. The molecule has 0 radical (unpaired) electrons. The van der Waals surface area contributed by atoms with Crippen LogP contribution in [0.5, 0.6) is 0 Å². The molecule has 1 saturated heterocycles. The summed E-state index contributed by atoms with van der Waals surface area (Å²) in [5.74, 6) is 0.817. The van der Waals surface area contributed by atoms with Crippen LogP contribution < -0.4 is 10.6 Å². The Kier molecular flexibility index (Phi) is 4.52. The lowest BCUT2D eigenvalue weighted by molar-refractivity contribution is 0.207. The summed E-state index contributed by atoms with van der Waals surface area (Å²) in [5, 5.41) is 7.58. The number of aryl methyl sites for hydroxylation is 1. The van der Waals surface area contributed by atoms with Crippen molar-refractivity contribution in [3.63, 3.8) is 0 Å². The van der Waals surface area contributed by atoms with Crippen LogP contribution in [0.2, 0.25) is 0 Å². The van der Waals surface area contributed by atoms with Gasteiger partial charge in [-0.25, -0.2) is 4.79 Å². The van der Waals surface area contributed by atoms with Crippen molar-refractivity contribution in [3.05, 3.63) is 65.9 Å². The van der Waals surface area contributed by atoms with Gasteiger partial charge in [-0.3, -0.25) is 0 Å². The van der Waals surface area contributed by atoms with Crippen LogP contribution in [0, 0.1) is 6.92 Å². The van der Waals surface area contributed by atoms with Gasteiger partial charge in [0, 0.05) is 35.8 Å². The molecule has 1 fully saturated rings. The zero-order valence-corrected chi connectivity index (χ0v) is 14.9. The molecule has 0 spiro atoms. The molecule has 2 amide bonds. The van der Waals surface area contributed by atoms with Gasteiger partial charge in [-0.1, -0.05) is 36.4 Å². The van der Waals surface area contributed by atoms with Gasteiger partial charge in [-0.15, -0.1) is 0 Å². The second kappa shape index (κ2) is 7.12. The minimum Gasteiger partial charge on any atom is -0.459 e. The summed E-state index contributed by atoms with van der Waals surface area (Å²) in [4.78, 5) is 14.3. The van der Waals surface area contributed by atoms with E-state index in [1.54, 1.807) is 0 Å². The van der Waals surface area contributed by atoms with E-state index in [1.165, 1.54) is 0 Å². The Morgan fingerprint density at radius 1 is 1.15 bits per heavy atom. The number of amides is 2. The average molecular weight is 349 g/mol. The van der Waals surface area contributed by atoms with Crippen LogP contribution >= 0.6 is 0 Å². The van der Waals surface area contributed by atoms with Crippen molar-refractivity contribution in [3.8, 4) is 0 Å². The number of benzene rings is 2. The number of carbonyl (C=O) groups excluding carboxylic acids is 1. The molecule has 1 aromatic heterocycles. The second-order valence-corrected chi connectivity index (χ2v) is 6.75. The van der Waals surface area contributed by atoms with Crippen LogP contribution in [-0.2, 0) is 6.54 Å². The van der Waals surface area contributed by atoms with Crippen LogP contribution in [0.3, 0.4) is 0 Å². The molecule has 1 aliphatic rings. The van der Waals surface area contributed by atoms with Gasteiger partial charge in [0.25, 0.3) is 0 Å². The predicted molar refractivity (Wildman–Crippen MR) is 103 cm³/mol. The third kappa shape index (κ3) is 3.38. The van der Waals surface area contributed by atoms with Crippen molar-refractivity contribution in [1.82, 2.24) is 10.2 Å². The highest BCUT2D eigenvalue weighted by Crippen LogP contribution is 2.24. The summed E-state index contributed by atoms with van der Waals surface area (Å²) in [7, 11) is 0. The quantitative estimate of drug-likeness (QED) is 0.744. The molecule has 26 heavy (non-hydrogen) atoms. The van der Waals surface area contributed by atoms with Gasteiger partial charge >= 0.3 is 6.03 Å². The average Bonchev–Trinajstić information content (AvgIpc) is 3.26. The Balaban J connectivity index is 1.33. The standard InChI is InChI=1S/C21H23N3O2/c1-15-18-9-5-6-10-19(18)26-20(15)13-22-21(25)24-12-11-17(14-24)23-16-7-3-2-4-8-16/h2-10,17,23H,11-14H2,1H3,(H,22,25). The Bertz CT molecular complexity index is 904. The van der Waals surface area contributed by atoms with Crippen molar-refractivity contribution in [1.29, 1.82) is 0 Å². The number of hydrogen-bond acceptors (Lipinski definition) is 3. The van der Waals surface area contributed by atoms with E-state index in [-0.39, 0.29) is 12.1 Å². The van der Waals surface area contributed by atoms with Crippen LogP contribution in [0.25, 0.3) is 11.0 Å². The first-order valence-corrected chi connectivity index (χ1v) is 9.02. The van der Waals surface area contributed by atoms with Gasteiger partial charge in [0.05, 0.1) is 6.54 Å². The number of furan rings is 1. The number of hydrogen-bond donors (Lipinski definition) is 2. The van der Waals surface area contributed by atoms with E-state index in [9.17, 15) is 4.79 Å². The van der Waals surface area contributed by atoms with Gasteiger partial charge in [0.15, 0.2) is 0 Å². The molecule has 134 valence electrons. The first-order chi connectivity index (χ1) is 12.7. The minimum absolute atomic E-state index is 0.0396. The molecule has 0 aliphatic carbocycles. The first kappa shape index (κ1) is 16.5. The monoisotopic (exact) mass is 349 g/mol. The number of nitrogens with one attached hydrogen (secondary N) is 2. The molecule has 1 aliphatic heterocycles. The number of rotatable bonds is 4. The maximum atomic E-state index is 12.5. The normalized spacial score (nSPS) is 16.8. The van der Waals surface area contributed by atoms with E-state index >= 15 is 0 Å². The molecular weight excluding hydrogens is 326 g/mol. The molecule has 5 heteroatoms. The number of urea groups is 1. The number of fused-ring (bicyclic) bond motifs is 1. The first-order valence-electron chi connectivity index (χ1n) is 9.02. The fraction of sp³-hybridized carbons (Fsp3) is 0.286. The number of anilines is 1. The molecule has 2 N–H and O–H groups in total. The highest BCUT2D eigenvalue weighted by molar-refractivity contribution is 5.82. The lowest BCUT2D eigenvalue weighted by Crippen LogP contribution is -2.39. The number of likely N-dealkylation sites (tertiary alicyclic amines) is 1. The summed E-state index contributed by atoms with van der Waals surface area (Å²) < 4.78 is 5.87. The summed E-state index contributed by atoms with van der Waals surface area (Å²) in [6.45, 7) is 3.91. The molecule has 1 unspecified atom stereocenters. The summed E-state index contributed by atoms with van der Waals surface area (Å²) in [6, 6.07) is 18.3. The number of carbonyl (C=O) groups is 1. The molecule has 5 nitrogen and oxygen atoms in total. The maximum Gasteiger partial charge on any atom is 0.317 e. The van der Waals surface area contributed by atoms with Crippen molar-refractivity contribution >= 4 is 22.7 Å². The number of nitrogens with zero attached hydrogens (tertiary/aromatic N) is 1. The Hall–Kier alpha value is -2.95. The van der Waals surface area contributed by atoms with E-state index in [4.69, 9.17) is 4.42 Å². The van der Waals surface area contributed by atoms with Gasteiger partial charge in [0.2, 0.25) is 0 Å². The van der Waals surface area contributed by atoms with E-state index in [1.807, 2.05) is 66.4 Å². The van der Waals surface area contributed by atoms with Crippen LogP contribution in [0.1, 0.15) is 17.7 Å². The summed E-state index contributed by atoms with van der Waals surface area (Å²) in [5.41, 5.74) is 3.05. The molecule has 2 heterocycles. The van der Waals surface area contributed by atoms with E-state index in [0.29, 0.717) is 13.1 Å². The lowest BCUT2D eigenvalue weighted by atomic mass is 10.1. The van der Waals surface area contributed by atoms with Crippen LogP contribution in [-0.4, -0.2) is 30.1 Å². The van der Waals surface area contributed by atoms with Crippen molar-refractivity contribution < 1.29 is 9.21 Å². The van der Waals surface area contributed by atoms with Gasteiger partial charge in [0.1, 0.15) is 11.3 Å². The molecule has 3 aromatic rings. The summed E-state index contributed by atoms with van der Waals surface area (Å²) in [6.07, 6.45) is 0.950. The Morgan fingerprint density at radius 3 is 2.73 bits per heavy atom. The topological polar surface area (TPSA) is 57.5 Å². The van der Waals surface area contributed by atoms with Gasteiger partial charge < -0.3 is 20.0 Å². The Labute approximate surface area is 153 Å². The summed E-state index contributed by atoms with van der Waals surface area (Å²) >= 11 is 0. The van der Waals surface area contributed by atoms with E-state index in [0.717, 1.165) is 40.9 Å². The molecule has 0 saturated carbocycles. The molecule has 4 rings (SSSR count). The molecule has 0 bridgehead atoms. The Morgan fingerprint density at radius 2 is 1.92 bits per heavy atom. The third-order valence-corrected chi connectivity index (χ3v) is 4.96. The van der Waals surface area contributed by atoms with E-state index < -0.39 is 0 Å². The third-order valence-electron chi connectivity index (χ3n) is 4.96. The van der Waals surface area contributed by atoms with Crippen LogP contribution in [0.15, 0.2) is 59.0 Å². The zero-order chi connectivity index (χ0) is 17.9. The molecule has 1 atom stereocenters. The fourth-order valence-electron chi connectivity index (χ4n) is 3.49. The van der Waals surface area contributed by atoms with Crippen molar-refractivity contribution in [2.45, 2.75) is 25.9 Å². The number of para-hydroxylation sites is 2. The fourth-order valence-corrected chi connectivity index (χ4v) is 3.49. The highest BCUT2D eigenvalue weighted by Gasteiger charge is 2.26. The SMILES string of the molecule is Cc1c(CNC(=O)N2CCC(Nc3ccccc3)C2)oc2ccccc12. The minimum atomic E-state index is -0.0396. The van der Waals surface area contributed by atoms with Crippen molar-refractivity contribution in [2.75, 3.05) is 18.4 Å². The van der Waals surface area contributed by atoms with Crippen LogP contribution in [0.4, 0.5) is 10.5 Å². The second-order valence-electron chi connectivity index (χ2n) is 6.75. The molecular formula is C21H23N3O2. The smallest absolute Gasteiger partial charge is 0.317 e. The zero-order valence-electron chi connectivity index (χ0n) is 14.9. The molecule has 2 aromatic carbocycles. The van der Waals surface area contributed by atoms with Gasteiger partial charge in [-0.05, 0) is 31.5 Å². The van der Waals surface area contributed by atoms with Crippen molar-refractivity contribution in [2.24, 2.45) is 0 Å². The predicted octanol–water partition coefficient (Wildman–Crippen LogP) is 4.14. The highest BCUT2D eigenvalue weighted by atomic mass is 16.3.